The predicted molar refractivity (Wildman–Crippen MR) is 102 cm³/mol. The number of nitrogens with zero attached hydrogens (tertiary/aromatic N) is 2. The Hall–Kier alpha value is -0.810. The normalized spacial score (nSPS) is 23.2. The lowest BCUT2D eigenvalue weighted by Crippen LogP contribution is -2.59. The number of nitrogens with one attached hydrogen (secondary N) is 2. The molecule has 0 radical (unpaired) electrons. The van der Waals surface area contributed by atoms with Crippen LogP contribution < -0.4 is 10.6 Å². The Labute approximate surface area is 148 Å². The van der Waals surface area contributed by atoms with E-state index >= 15 is 0 Å². The fourth-order valence-electron chi connectivity index (χ4n) is 4.00. The monoisotopic (exact) mass is 338 g/mol. The molecule has 2 aliphatic heterocycles. The number of ether oxygens (including phenoxy) is 1. The van der Waals surface area contributed by atoms with E-state index in [2.05, 4.69) is 34.4 Å². The van der Waals surface area contributed by atoms with Crippen molar-refractivity contribution >= 4 is 5.96 Å². The molecule has 2 saturated heterocycles. The molecule has 0 bridgehead atoms. The minimum atomic E-state index is 0.248. The third-order valence-corrected chi connectivity index (χ3v) is 5.63. The molecule has 0 amide bonds. The van der Waals surface area contributed by atoms with E-state index in [0.717, 1.165) is 38.6 Å². The first-order chi connectivity index (χ1) is 11.7. The Bertz CT molecular complexity index is 374. The van der Waals surface area contributed by atoms with Crippen molar-refractivity contribution in [3.63, 3.8) is 0 Å². The molecule has 2 aliphatic rings. The maximum absolute atomic E-state index is 5.64. The van der Waals surface area contributed by atoms with Gasteiger partial charge >= 0.3 is 0 Å². The molecule has 2 N–H and O–H groups in total. The summed E-state index contributed by atoms with van der Waals surface area (Å²) >= 11 is 0. The molecule has 2 rings (SSSR count). The second-order valence-corrected chi connectivity index (χ2v) is 7.50. The number of aliphatic imine (C=N–C) groups is 1. The smallest absolute Gasteiger partial charge is 0.191 e. The molecular weight excluding hydrogens is 300 g/mol. The van der Waals surface area contributed by atoms with Crippen LogP contribution in [0.1, 0.15) is 65.2 Å². The summed E-state index contributed by atoms with van der Waals surface area (Å²) in [7, 11) is 1.88. The van der Waals surface area contributed by atoms with E-state index in [0.29, 0.717) is 6.04 Å². The average Bonchev–Trinajstić information content (AvgIpc) is 3.15. The van der Waals surface area contributed by atoms with Crippen LogP contribution in [0.2, 0.25) is 0 Å². The molecular formula is C19H38N4O. The number of hydrogen-bond acceptors (Lipinski definition) is 3. The highest BCUT2D eigenvalue weighted by atomic mass is 16.5. The summed E-state index contributed by atoms with van der Waals surface area (Å²) in [4.78, 5) is 7.14. The number of likely N-dealkylation sites (tertiary alicyclic amines) is 1. The van der Waals surface area contributed by atoms with Gasteiger partial charge in [0.25, 0.3) is 0 Å². The molecule has 0 saturated carbocycles. The van der Waals surface area contributed by atoms with E-state index in [-0.39, 0.29) is 5.54 Å². The van der Waals surface area contributed by atoms with Crippen LogP contribution in [0.15, 0.2) is 4.99 Å². The molecule has 140 valence electrons. The van der Waals surface area contributed by atoms with Crippen LogP contribution in [0.5, 0.6) is 0 Å². The van der Waals surface area contributed by atoms with Gasteiger partial charge in [-0.3, -0.25) is 9.89 Å². The van der Waals surface area contributed by atoms with E-state index in [4.69, 9.17) is 4.74 Å². The van der Waals surface area contributed by atoms with Crippen LogP contribution in [-0.2, 0) is 4.74 Å². The fraction of sp³-hybridized carbons (Fsp3) is 0.947. The summed E-state index contributed by atoms with van der Waals surface area (Å²) in [5.41, 5.74) is 0.248. The van der Waals surface area contributed by atoms with E-state index in [1.807, 2.05) is 7.05 Å². The molecule has 0 spiro atoms. The third-order valence-electron chi connectivity index (χ3n) is 5.63. The lowest BCUT2D eigenvalue weighted by atomic mass is 9.88. The van der Waals surface area contributed by atoms with E-state index in [1.54, 1.807) is 0 Å². The van der Waals surface area contributed by atoms with E-state index < -0.39 is 0 Å². The molecule has 1 unspecified atom stereocenters. The summed E-state index contributed by atoms with van der Waals surface area (Å²) in [5.74, 6) is 0.948. The highest BCUT2D eigenvalue weighted by Gasteiger charge is 2.39. The molecule has 0 aromatic heterocycles. The molecule has 0 aromatic rings. The lowest BCUT2D eigenvalue weighted by molar-refractivity contribution is -0.0164. The topological polar surface area (TPSA) is 48.9 Å². The number of hydrogen-bond donors (Lipinski definition) is 2. The van der Waals surface area contributed by atoms with Gasteiger partial charge in [0.2, 0.25) is 0 Å². The van der Waals surface area contributed by atoms with Crippen molar-refractivity contribution in [3.05, 3.63) is 0 Å². The highest BCUT2D eigenvalue weighted by Crippen LogP contribution is 2.30. The van der Waals surface area contributed by atoms with Gasteiger partial charge in [-0.05, 0) is 52.1 Å². The SMILES string of the molecule is CCCCCC(C)NC(=NC)NCC1(N2CCCC2)CCOCC1. The van der Waals surface area contributed by atoms with Gasteiger partial charge in [0.15, 0.2) is 5.96 Å². The Morgan fingerprint density at radius 1 is 1.21 bits per heavy atom. The van der Waals surface area contributed by atoms with Crippen molar-refractivity contribution in [1.82, 2.24) is 15.5 Å². The maximum atomic E-state index is 5.64. The second kappa shape index (κ2) is 10.2. The molecule has 0 aliphatic carbocycles. The first kappa shape index (κ1) is 19.5. The quantitative estimate of drug-likeness (QED) is 0.406. The highest BCUT2D eigenvalue weighted by molar-refractivity contribution is 5.80. The van der Waals surface area contributed by atoms with Crippen LogP contribution in [-0.4, -0.2) is 62.3 Å². The predicted octanol–water partition coefficient (Wildman–Crippen LogP) is 2.77. The molecule has 0 aromatic carbocycles. The van der Waals surface area contributed by atoms with Gasteiger partial charge in [0.05, 0.1) is 0 Å². The van der Waals surface area contributed by atoms with Crippen molar-refractivity contribution in [2.45, 2.75) is 76.8 Å². The van der Waals surface area contributed by atoms with E-state index in [1.165, 1.54) is 51.6 Å². The standard InChI is InChI=1S/C19H38N4O/c1-4-5-6-9-17(2)22-18(20-3)21-16-19(10-14-24-15-11-19)23-12-7-8-13-23/h17H,4-16H2,1-3H3,(H2,20,21,22). The first-order valence-electron chi connectivity index (χ1n) is 10.00. The summed E-state index contributed by atoms with van der Waals surface area (Å²) in [5, 5.41) is 7.18. The largest absolute Gasteiger partial charge is 0.381 e. The molecule has 2 fully saturated rings. The molecule has 5 heteroatoms. The van der Waals surface area contributed by atoms with Gasteiger partial charge in [-0.1, -0.05) is 26.2 Å². The second-order valence-electron chi connectivity index (χ2n) is 7.50. The van der Waals surface area contributed by atoms with Crippen molar-refractivity contribution in [3.8, 4) is 0 Å². The zero-order chi connectivity index (χ0) is 17.3. The van der Waals surface area contributed by atoms with Crippen LogP contribution in [0.25, 0.3) is 0 Å². The average molecular weight is 339 g/mol. The van der Waals surface area contributed by atoms with Gasteiger partial charge in [-0.25, -0.2) is 0 Å². The van der Waals surface area contributed by atoms with Gasteiger partial charge in [0, 0.05) is 38.4 Å². The van der Waals surface area contributed by atoms with Crippen LogP contribution in [0, 0.1) is 0 Å². The first-order valence-corrected chi connectivity index (χ1v) is 10.00. The van der Waals surface area contributed by atoms with Crippen LogP contribution in [0.3, 0.4) is 0 Å². The van der Waals surface area contributed by atoms with E-state index in [9.17, 15) is 0 Å². The minimum absolute atomic E-state index is 0.248. The molecule has 2 heterocycles. The molecule has 1 atom stereocenters. The Morgan fingerprint density at radius 2 is 1.92 bits per heavy atom. The number of unbranched alkanes of at least 4 members (excludes halogenated alkanes) is 2. The molecule has 24 heavy (non-hydrogen) atoms. The van der Waals surface area contributed by atoms with Gasteiger partial charge < -0.3 is 15.4 Å². The van der Waals surface area contributed by atoms with Gasteiger partial charge in [0.1, 0.15) is 0 Å². The van der Waals surface area contributed by atoms with Crippen molar-refractivity contribution in [1.29, 1.82) is 0 Å². The Morgan fingerprint density at radius 3 is 2.54 bits per heavy atom. The van der Waals surface area contributed by atoms with Crippen molar-refractivity contribution in [2.75, 3.05) is 39.9 Å². The van der Waals surface area contributed by atoms with Gasteiger partial charge in [-0.15, -0.1) is 0 Å². The zero-order valence-corrected chi connectivity index (χ0v) is 16.1. The summed E-state index contributed by atoms with van der Waals surface area (Å²) in [6.07, 6.45) is 10.0. The van der Waals surface area contributed by atoms with Crippen LogP contribution in [0.4, 0.5) is 0 Å². The molecule has 5 nitrogen and oxygen atoms in total. The fourth-order valence-corrected chi connectivity index (χ4v) is 4.00. The summed E-state index contributed by atoms with van der Waals surface area (Å²) in [6, 6.07) is 0.472. The lowest BCUT2D eigenvalue weighted by Gasteiger charge is -2.45. The number of guanidine groups is 1. The van der Waals surface area contributed by atoms with Crippen molar-refractivity contribution < 1.29 is 4.74 Å². The zero-order valence-electron chi connectivity index (χ0n) is 16.1. The maximum Gasteiger partial charge on any atom is 0.191 e. The number of rotatable bonds is 8. The Kier molecular flexibility index (Phi) is 8.33. The van der Waals surface area contributed by atoms with Crippen LogP contribution >= 0.6 is 0 Å². The summed E-state index contributed by atoms with van der Waals surface area (Å²) < 4.78 is 5.64. The third kappa shape index (κ3) is 5.62. The minimum Gasteiger partial charge on any atom is -0.381 e. The summed E-state index contributed by atoms with van der Waals surface area (Å²) in [6.45, 7) is 9.73. The van der Waals surface area contributed by atoms with Gasteiger partial charge in [-0.2, -0.15) is 0 Å². The van der Waals surface area contributed by atoms with Crippen molar-refractivity contribution in [2.24, 2.45) is 4.99 Å². The Balaban J connectivity index is 1.84.